The van der Waals surface area contributed by atoms with E-state index in [0.29, 0.717) is 12.5 Å². The summed E-state index contributed by atoms with van der Waals surface area (Å²) in [6.07, 6.45) is 5.80. The zero-order valence-corrected chi connectivity index (χ0v) is 13.3. The summed E-state index contributed by atoms with van der Waals surface area (Å²) in [6, 6.07) is 16.1. The first-order valence-electron chi connectivity index (χ1n) is 8.16. The fourth-order valence-corrected chi connectivity index (χ4v) is 3.18. The number of carbonyl (C=O) groups excluding carboxylic acids is 1. The van der Waals surface area contributed by atoms with Crippen LogP contribution in [-0.4, -0.2) is 33.7 Å². The first-order chi connectivity index (χ1) is 11.8. The molecule has 5 nitrogen and oxygen atoms in total. The second-order valence-electron chi connectivity index (χ2n) is 6.12. The molecule has 1 saturated heterocycles. The Kier molecular flexibility index (Phi) is 3.91. The third kappa shape index (κ3) is 2.85. The molecule has 1 atom stereocenters. The second kappa shape index (κ2) is 6.35. The normalized spacial score (nSPS) is 15.9. The average Bonchev–Trinajstić information content (AvgIpc) is 3.26. The first-order valence-corrected chi connectivity index (χ1v) is 8.16. The highest BCUT2D eigenvalue weighted by atomic mass is 16.3. The van der Waals surface area contributed by atoms with Crippen molar-refractivity contribution in [1.82, 2.24) is 14.7 Å². The highest BCUT2D eigenvalue weighted by Gasteiger charge is 2.33. The van der Waals surface area contributed by atoms with Gasteiger partial charge in [0.05, 0.1) is 18.2 Å². The maximum Gasteiger partial charge on any atom is 0.223 e. The first kappa shape index (κ1) is 14.8. The van der Waals surface area contributed by atoms with Crippen LogP contribution in [0.25, 0.3) is 0 Å². The number of rotatable bonds is 5. The number of likely N-dealkylation sites (tertiary alicyclic amines) is 1. The van der Waals surface area contributed by atoms with Gasteiger partial charge >= 0.3 is 0 Å². The molecule has 1 aromatic carbocycles. The zero-order valence-electron chi connectivity index (χ0n) is 13.3. The summed E-state index contributed by atoms with van der Waals surface area (Å²) in [5.74, 6) is 0.944. The van der Waals surface area contributed by atoms with E-state index in [1.54, 1.807) is 12.5 Å². The molecule has 4 rings (SSSR count). The summed E-state index contributed by atoms with van der Waals surface area (Å²) in [5.41, 5.74) is 1.10. The van der Waals surface area contributed by atoms with E-state index in [1.165, 1.54) is 0 Å². The number of benzene rings is 1. The van der Waals surface area contributed by atoms with Crippen molar-refractivity contribution in [2.45, 2.75) is 18.4 Å². The Morgan fingerprint density at radius 3 is 2.67 bits per heavy atom. The maximum atomic E-state index is 12.7. The van der Waals surface area contributed by atoms with E-state index < -0.39 is 0 Å². The third-order valence-corrected chi connectivity index (χ3v) is 4.58. The van der Waals surface area contributed by atoms with E-state index in [4.69, 9.17) is 4.42 Å². The van der Waals surface area contributed by atoms with Crippen LogP contribution in [0.2, 0.25) is 0 Å². The number of carbonyl (C=O) groups is 1. The minimum atomic E-state index is -0.0440. The molecule has 2 aromatic heterocycles. The highest BCUT2D eigenvalue weighted by molar-refractivity contribution is 5.78. The minimum absolute atomic E-state index is 0.0440. The molecule has 0 spiro atoms. The standard InChI is InChI=1S/C19H19N3O2/c23-19(21-13-16(14-21)22-10-5-9-20-22)12-17(18-8-4-11-24-18)15-6-2-1-3-7-15/h1-11,16-17H,12-14H2. The fourth-order valence-electron chi connectivity index (χ4n) is 3.18. The predicted molar refractivity (Wildman–Crippen MR) is 89.5 cm³/mol. The molecule has 0 N–H and O–H groups in total. The van der Waals surface area contributed by atoms with Gasteiger partial charge in [-0.1, -0.05) is 30.3 Å². The summed E-state index contributed by atoms with van der Waals surface area (Å²) in [6.45, 7) is 1.44. The van der Waals surface area contributed by atoms with Gasteiger partial charge in [-0.2, -0.15) is 5.10 Å². The average molecular weight is 321 g/mol. The van der Waals surface area contributed by atoms with Crippen LogP contribution < -0.4 is 0 Å². The lowest BCUT2D eigenvalue weighted by Crippen LogP contribution is -2.51. The van der Waals surface area contributed by atoms with Crippen LogP contribution in [0.5, 0.6) is 0 Å². The Morgan fingerprint density at radius 1 is 1.17 bits per heavy atom. The largest absolute Gasteiger partial charge is 0.469 e. The summed E-state index contributed by atoms with van der Waals surface area (Å²) < 4.78 is 7.50. The van der Waals surface area contributed by atoms with Gasteiger partial charge in [0.2, 0.25) is 5.91 Å². The number of nitrogens with zero attached hydrogens (tertiary/aromatic N) is 3. The quantitative estimate of drug-likeness (QED) is 0.725. The number of furan rings is 1. The third-order valence-electron chi connectivity index (χ3n) is 4.58. The molecule has 5 heteroatoms. The van der Waals surface area contributed by atoms with Crippen LogP contribution >= 0.6 is 0 Å². The van der Waals surface area contributed by atoms with Crippen molar-refractivity contribution in [1.29, 1.82) is 0 Å². The molecular formula is C19H19N3O2. The van der Waals surface area contributed by atoms with Crippen molar-refractivity contribution < 1.29 is 9.21 Å². The van der Waals surface area contributed by atoms with Crippen LogP contribution in [0.3, 0.4) is 0 Å². The van der Waals surface area contributed by atoms with Gasteiger partial charge in [-0.15, -0.1) is 0 Å². The molecule has 3 heterocycles. The van der Waals surface area contributed by atoms with Gasteiger partial charge in [-0.05, 0) is 23.8 Å². The number of hydrogen-bond donors (Lipinski definition) is 0. The lowest BCUT2D eigenvalue weighted by Gasteiger charge is -2.39. The van der Waals surface area contributed by atoms with Crippen molar-refractivity contribution in [3.63, 3.8) is 0 Å². The van der Waals surface area contributed by atoms with Crippen molar-refractivity contribution >= 4 is 5.91 Å². The lowest BCUT2D eigenvalue weighted by molar-refractivity contribution is -0.137. The van der Waals surface area contributed by atoms with Gasteiger partial charge in [0.15, 0.2) is 0 Å². The maximum absolute atomic E-state index is 12.7. The van der Waals surface area contributed by atoms with E-state index in [-0.39, 0.29) is 11.8 Å². The van der Waals surface area contributed by atoms with Gasteiger partial charge < -0.3 is 9.32 Å². The Hall–Kier alpha value is -2.82. The van der Waals surface area contributed by atoms with Crippen LogP contribution in [0, 0.1) is 0 Å². The smallest absolute Gasteiger partial charge is 0.223 e. The molecule has 1 amide bonds. The molecule has 1 aliphatic heterocycles. The molecule has 0 saturated carbocycles. The van der Waals surface area contributed by atoms with Crippen LogP contribution in [0.1, 0.15) is 29.7 Å². The van der Waals surface area contributed by atoms with Gasteiger partial charge in [0.1, 0.15) is 5.76 Å². The minimum Gasteiger partial charge on any atom is -0.469 e. The molecular weight excluding hydrogens is 302 g/mol. The van der Waals surface area contributed by atoms with E-state index in [0.717, 1.165) is 24.4 Å². The molecule has 1 fully saturated rings. The molecule has 0 radical (unpaired) electrons. The highest BCUT2D eigenvalue weighted by Crippen LogP contribution is 2.31. The molecule has 122 valence electrons. The van der Waals surface area contributed by atoms with Gasteiger partial charge in [0, 0.05) is 31.9 Å². The monoisotopic (exact) mass is 321 g/mol. The van der Waals surface area contributed by atoms with Gasteiger partial charge in [0.25, 0.3) is 0 Å². The van der Waals surface area contributed by atoms with Crippen LogP contribution in [0.4, 0.5) is 0 Å². The van der Waals surface area contributed by atoms with Crippen molar-refractivity contribution in [3.05, 3.63) is 78.5 Å². The SMILES string of the molecule is O=C(CC(c1ccccc1)c1ccco1)N1CC(n2cccn2)C1. The fraction of sp³-hybridized carbons (Fsp3) is 0.263. The van der Waals surface area contributed by atoms with Gasteiger partial charge in [-0.3, -0.25) is 9.48 Å². The number of aromatic nitrogens is 2. The Morgan fingerprint density at radius 2 is 2.00 bits per heavy atom. The topological polar surface area (TPSA) is 51.3 Å². The number of amides is 1. The van der Waals surface area contributed by atoms with E-state index in [2.05, 4.69) is 5.10 Å². The van der Waals surface area contributed by atoms with Crippen LogP contribution in [0.15, 0.2) is 71.6 Å². The Balaban J connectivity index is 1.45. The van der Waals surface area contributed by atoms with E-state index in [1.807, 2.05) is 64.3 Å². The van der Waals surface area contributed by atoms with E-state index in [9.17, 15) is 4.79 Å². The second-order valence-corrected chi connectivity index (χ2v) is 6.12. The van der Waals surface area contributed by atoms with Gasteiger partial charge in [-0.25, -0.2) is 0 Å². The summed E-state index contributed by atoms with van der Waals surface area (Å²) in [7, 11) is 0. The summed E-state index contributed by atoms with van der Waals surface area (Å²) in [5, 5.41) is 4.24. The van der Waals surface area contributed by atoms with E-state index >= 15 is 0 Å². The molecule has 24 heavy (non-hydrogen) atoms. The number of hydrogen-bond acceptors (Lipinski definition) is 3. The molecule has 3 aromatic rings. The lowest BCUT2D eigenvalue weighted by atomic mass is 9.92. The zero-order chi connectivity index (χ0) is 16.4. The Labute approximate surface area is 140 Å². The predicted octanol–water partition coefficient (Wildman–Crippen LogP) is 3.08. The summed E-state index contributed by atoms with van der Waals surface area (Å²) in [4.78, 5) is 14.6. The molecule has 1 unspecified atom stereocenters. The van der Waals surface area contributed by atoms with Crippen LogP contribution in [-0.2, 0) is 4.79 Å². The van der Waals surface area contributed by atoms with Crippen molar-refractivity contribution in [2.24, 2.45) is 0 Å². The molecule has 0 bridgehead atoms. The van der Waals surface area contributed by atoms with Crippen molar-refractivity contribution in [3.8, 4) is 0 Å². The molecule has 0 aliphatic carbocycles. The Bertz CT molecular complexity index is 775. The summed E-state index contributed by atoms with van der Waals surface area (Å²) >= 11 is 0. The molecule has 1 aliphatic rings. The van der Waals surface area contributed by atoms with Crippen molar-refractivity contribution in [2.75, 3.05) is 13.1 Å².